The summed E-state index contributed by atoms with van der Waals surface area (Å²) in [6, 6.07) is 0. The predicted molar refractivity (Wildman–Crippen MR) is 64.7 cm³/mol. The second kappa shape index (κ2) is 6.19. The molecule has 1 saturated carbocycles. The maximum absolute atomic E-state index is 11.3. The van der Waals surface area contributed by atoms with Crippen molar-refractivity contribution >= 4 is 5.91 Å². The fourth-order valence-corrected chi connectivity index (χ4v) is 2.38. The van der Waals surface area contributed by atoms with Crippen LogP contribution in [0.5, 0.6) is 0 Å². The summed E-state index contributed by atoms with van der Waals surface area (Å²) in [5.74, 6) is 1.81. The topological polar surface area (TPSA) is 56.8 Å². The van der Waals surface area contributed by atoms with Gasteiger partial charge in [0.1, 0.15) is 6.61 Å². The van der Waals surface area contributed by atoms with Crippen molar-refractivity contribution in [1.82, 2.24) is 5.32 Å². The molecule has 1 aliphatic carbocycles. The highest BCUT2D eigenvalue weighted by atomic mass is 16.7. The normalized spacial score (nSPS) is 22.8. The van der Waals surface area contributed by atoms with E-state index in [-0.39, 0.29) is 30.9 Å². The van der Waals surface area contributed by atoms with E-state index in [9.17, 15) is 4.79 Å². The highest BCUT2D eigenvalue weighted by Crippen LogP contribution is 2.36. The average Bonchev–Trinajstić information content (AvgIpc) is 2.84. The Morgan fingerprint density at radius 1 is 1.39 bits per heavy atom. The van der Waals surface area contributed by atoms with Crippen LogP contribution in [-0.2, 0) is 19.0 Å². The summed E-state index contributed by atoms with van der Waals surface area (Å²) in [6.45, 7) is 1.68. The van der Waals surface area contributed by atoms with Gasteiger partial charge in [0.25, 0.3) is 0 Å². The first kappa shape index (κ1) is 13.3. The van der Waals surface area contributed by atoms with Gasteiger partial charge in [-0.05, 0) is 12.8 Å². The molecule has 2 aliphatic rings. The predicted octanol–water partition coefficient (Wildman–Crippen LogP) is 0.438. The zero-order chi connectivity index (χ0) is 12.8. The van der Waals surface area contributed by atoms with Crippen LogP contribution in [0.15, 0.2) is 0 Å². The Morgan fingerprint density at radius 2 is 2.06 bits per heavy atom. The van der Waals surface area contributed by atoms with Crippen molar-refractivity contribution in [1.29, 1.82) is 0 Å². The third-order valence-corrected chi connectivity index (χ3v) is 3.35. The monoisotopic (exact) mass is 253 g/mol. The third-order valence-electron chi connectivity index (χ3n) is 3.35. The van der Waals surface area contributed by atoms with E-state index in [1.54, 1.807) is 0 Å². The van der Waals surface area contributed by atoms with Gasteiger partial charge < -0.3 is 19.5 Å². The molecule has 1 saturated heterocycles. The molecule has 1 heterocycles. The molecule has 0 aromatic heterocycles. The van der Waals surface area contributed by atoms with Gasteiger partial charge in [0.15, 0.2) is 5.79 Å². The molecule has 0 aromatic carbocycles. The molecule has 2 fully saturated rings. The molecule has 2 rings (SSSR count). The SMILES string of the molecule is C#CCNC(=O)COC1CCC2(CC1)OCCO2. The Bertz CT molecular complexity index is 320. The first-order valence-electron chi connectivity index (χ1n) is 6.34. The number of rotatable bonds is 4. The van der Waals surface area contributed by atoms with Crippen LogP contribution < -0.4 is 5.32 Å². The Balaban J connectivity index is 1.64. The molecule has 0 atom stereocenters. The number of terminal acetylenes is 1. The van der Waals surface area contributed by atoms with Crippen LogP contribution >= 0.6 is 0 Å². The Labute approximate surface area is 107 Å². The Kier molecular flexibility index (Phi) is 4.59. The number of carbonyl (C=O) groups excluding carboxylic acids is 1. The first-order chi connectivity index (χ1) is 8.74. The van der Waals surface area contributed by atoms with E-state index in [0.29, 0.717) is 13.2 Å². The van der Waals surface area contributed by atoms with E-state index in [1.165, 1.54) is 0 Å². The van der Waals surface area contributed by atoms with Crippen LogP contribution in [0.1, 0.15) is 25.7 Å². The van der Waals surface area contributed by atoms with Gasteiger partial charge >= 0.3 is 0 Å². The van der Waals surface area contributed by atoms with Gasteiger partial charge in [-0.3, -0.25) is 4.79 Å². The lowest BCUT2D eigenvalue weighted by molar-refractivity contribution is -0.191. The van der Waals surface area contributed by atoms with Crippen LogP contribution in [0.2, 0.25) is 0 Å². The van der Waals surface area contributed by atoms with Crippen molar-refractivity contribution in [2.24, 2.45) is 0 Å². The van der Waals surface area contributed by atoms with Crippen LogP contribution in [0.4, 0.5) is 0 Å². The zero-order valence-corrected chi connectivity index (χ0v) is 10.4. The zero-order valence-electron chi connectivity index (χ0n) is 10.4. The molecular formula is C13H19NO4. The van der Waals surface area contributed by atoms with Gasteiger partial charge in [0, 0.05) is 12.8 Å². The molecule has 0 aromatic rings. The molecule has 1 amide bonds. The summed E-state index contributed by atoms with van der Waals surface area (Å²) in [4.78, 5) is 11.3. The molecule has 18 heavy (non-hydrogen) atoms. The minimum absolute atomic E-state index is 0.0705. The lowest BCUT2D eigenvalue weighted by atomic mass is 9.92. The van der Waals surface area contributed by atoms with E-state index in [1.807, 2.05) is 0 Å². The second-order valence-corrected chi connectivity index (χ2v) is 4.60. The van der Waals surface area contributed by atoms with Crippen molar-refractivity contribution in [3.63, 3.8) is 0 Å². The molecule has 1 N–H and O–H groups in total. The first-order valence-corrected chi connectivity index (χ1v) is 6.34. The fraction of sp³-hybridized carbons (Fsp3) is 0.769. The van der Waals surface area contributed by atoms with E-state index in [0.717, 1.165) is 25.7 Å². The second-order valence-electron chi connectivity index (χ2n) is 4.60. The van der Waals surface area contributed by atoms with Gasteiger partial charge in [0.05, 0.1) is 25.9 Å². The lowest BCUT2D eigenvalue weighted by Gasteiger charge is -2.35. The Hall–Kier alpha value is -1.09. The van der Waals surface area contributed by atoms with Gasteiger partial charge in [-0.25, -0.2) is 0 Å². The molecule has 0 bridgehead atoms. The van der Waals surface area contributed by atoms with Crippen molar-refractivity contribution in [3.05, 3.63) is 0 Å². The van der Waals surface area contributed by atoms with E-state index < -0.39 is 0 Å². The van der Waals surface area contributed by atoms with Crippen LogP contribution in [0.3, 0.4) is 0 Å². The molecule has 0 unspecified atom stereocenters. The van der Waals surface area contributed by atoms with Gasteiger partial charge in [-0.2, -0.15) is 0 Å². The molecular weight excluding hydrogens is 234 g/mol. The minimum Gasteiger partial charge on any atom is -0.368 e. The highest BCUT2D eigenvalue weighted by Gasteiger charge is 2.40. The van der Waals surface area contributed by atoms with Gasteiger partial charge in [-0.1, -0.05) is 5.92 Å². The standard InChI is InChI=1S/C13H19NO4/c1-2-7-14-12(15)10-16-11-3-5-13(6-4-11)17-8-9-18-13/h1,11H,3-10H2,(H,14,15). The average molecular weight is 253 g/mol. The quantitative estimate of drug-likeness (QED) is 0.739. The fourth-order valence-electron chi connectivity index (χ4n) is 2.38. The van der Waals surface area contributed by atoms with Crippen molar-refractivity contribution < 1.29 is 19.0 Å². The summed E-state index contributed by atoms with van der Waals surface area (Å²) in [5.41, 5.74) is 0. The van der Waals surface area contributed by atoms with Crippen molar-refractivity contribution in [3.8, 4) is 12.3 Å². The summed E-state index contributed by atoms with van der Waals surface area (Å²) in [6.07, 6.45) is 8.56. The van der Waals surface area contributed by atoms with E-state index in [4.69, 9.17) is 20.6 Å². The largest absolute Gasteiger partial charge is 0.368 e. The number of ether oxygens (including phenoxy) is 3. The summed E-state index contributed by atoms with van der Waals surface area (Å²) < 4.78 is 16.8. The summed E-state index contributed by atoms with van der Waals surface area (Å²) in [7, 11) is 0. The van der Waals surface area contributed by atoms with Crippen LogP contribution in [-0.4, -0.2) is 44.2 Å². The number of amides is 1. The molecule has 1 spiro atoms. The maximum atomic E-state index is 11.3. The van der Waals surface area contributed by atoms with Gasteiger partial charge in [0.2, 0.25) is 5.91 Å². The lowest BCUT2D eigenvalue weighted by Crippen LogP contribution is -2.38. The number of hydrogen-bond acceptors (Lipinski definition) is 4. The van der Waals surface area contributed by atoms with E-state index >= 15 is 0 Å². The van der Waals surface area contributed by atoms with Crippen LogP contribution in [0, 0.1) is 12.3 Å². The van der Waals surface area contributed by atoms with E-state index in [2.05, 4.69) is 11.2 Å². The number of carbonyl (C=O) groups is 1. The number of nitrogens with one attached hydrogen (secondary N) is 1. The molecule has 100 valence electrons. The molecule has 1 aliphatic heterocycles. The number of hydrogen-bond donors (Lipinski definition) is 1. The third kappa shape index (κ3) is 3.45. The molecule has 0 radical (unpaired) electrons. The van der Waals surface area contributed by atoms with Crippen LogP contribution in [0.25, 0.3) is 0 Å². The van der Waals surface area contributed by atoms with Gasteiger partial charge in [-0.15, -0.1) is 6.42 Å². The smallest absolute Gasteiger partial charge is 0.246 e. The summed E-state index contributed by atoms with van der Waals surface area (Å²) >= 11 is 0. The summed E-state index contributed by atoms with van der Waals surface area (Å²) in [5, 5.41) is 2.57. The maximum Gasteiger partial charge on any atom is 0.246 e. The Morgan fingerprint density at radius 3 is 2.67 bits per heavy atom. The van der Waals surface area contributed by atoms with Crippen molar-refractivity contribution in [2.45, 2.75) is 37.6 Å². The van der Waals surface area contributed by atoms with Crippen molar-refractivity contribution in [2.75, 3.05) is 26.4 Å². The minimum atomic E-state index is -0.369. The molecule has 5 nitrogen and oxygen atoms in total. The highest BCUT2D eigenvalue weighted by molar-refractivity contribution is 5.77. The molecule has 5 heteroatoms.